The van der Waals surface area contributed by atoms with Crippen molar-refractivity contribution in [3.8, 4) is 6.07 Å². The Hall–Kier alpha value is -1.42. The molecule has 0 saturated carbocycles. The lowest BCUT2D eigenvalue weighted by Gasteiger charge is -2.16. The molecular weight excluding hydrogens is 264 g/mol. The lowest BCUT2D eigenvalue weighted by atomic mass is 10.1. The molecule has 5 nitrogen and oxygen atoms in total. The molecule has 1 saturated heterocycles. The molecule has 1 aliphatic rings. The number of aliphatic hydroxyl groups excluding tert-OH is 1. The van der Waals surface area contributed by atoms with Crippen LogP contribution in [0.3, 0.4) is 0 Å². The van der Waals surface area contributed by atoms with Crippen LogP contribution in [0.5, 0.6) is 0 Å². The van der Waals surface area contributed by atoms with E-state index in [0.29, 0.717) is 30.6 Å². The molecule has 2 rings (SSSR count). The largest absolute Gasteiger partial charge is 0.396 e. The van der Waals surface area contributed by atoms with Crippen LogP contribution < -0.4 is 0 Å². The lowest BCUT2D eigenvalue weighted by molar-refractivity contribution is 0.233. The van der Waals surface area contributed by atoms with E-state index < -0.39 is 10.0 Å². The minimum atomic E-state index is -3.42. The van der Waals surface area contributed by atoms with Crippen molar-refractivity contribution in [2.45, 2.75) is 12.2 Å². The van der Waals surface area contributed by atoms with Crippen molar-refractivity contribution in [2.24, 2.45) is 5.92 Å². The van der Waals surface area contributed by atoms with Crippen molar-refractivity contribution in [3.05, 3.63) is 35.4 Å². The smallest absolute Gasteiger partial charge is 0.218 e. The van der Waals surface area contributed by atoms with Gasteiger partial charge in [0.05, 0.1) is 17.4 Å². The van der Waals surface area contributed by atoms with Crippen molar-refractivity contribution >= 4 is 10.0 Å². The van der Waals surface area contributed by atoms with Gasteiger partial charge in [0.2, 0.25) is 10.0 Å². The van der Waals surface area contributed by atoms with E-state index in [1.165, 1.54) is 4.31 Å². The highest BCUT2D eigenvalue weighted by Crippen LogP contribution is 2.22. The predicted molar refractivity (Wildman–Crippen MR) is 70.5 cm³/mol. The fourth-order valence-corrected chi connectivity index (χ4v) is 3.89. The van der Waals surface area contributed by atoms with Crippen LogP contribution in [0.15, 0.2) is 24.3 Å². The fourth-order valence-electron chi connectivity index (χ4n) is 2.24. The van der Waals surface area contributed by atoms with Gasteiger partial charge in [0.25, 0.3) is 0 Å². The third-order valence-electron chi connectivity index (χ3n) is 3.38. The molecule has 0 amide bonds. The molecule has 1 unspecified atom stereocenters. The maximum absolute atomic E-state index is 12.3. The summed E-state index contributed by atoms with van der Waals surface area (Å²) in [4.78, 5) is 0. The van der Waals surface area contributed by atoms with Crippen molar-refractivity contribution in [2.75, 3.05) is 19.7 Å². The van der Waals surface area contributed by atoms with Gasteiger partial charge in [-0.05, 0) is 24.0 Å². The average Bonchev–Trinajstić information content (AvgIpc) is 2.88. The van der Waals surface area contributed by atoms with Gasteiger partial charge in [-0.2, -0.15) is 5.26 Å². The highest BCUT2D eigenvalue weighted by atomic mass is 32.2. The van der Waals surface area contributed by atoms with Crippen LogP contribution in [0.4, 0.5) is 0 Å². The molecule has 1 aromatic rings. The van der Waals surface area contributed by atoms with Crippen LogP contribution in [-0.4, -0.2) is 37.5 Å². The molecule has 0 bridgehead atoms. The van der Waals surface area contributed by atoms with Gasteiger partial charge < -0.3 is 5.11 Å². The topological polar surface area (TPSA) is 81.4 Å². The number of hydrogen-bond acceptors (Lipinski definition) is 4. The van der Waals surface area contributed by atoms with E-state index in [0.717, 1.165) is 0 Å². The van der Waals surface area contributed by atoms with Gasteiger partial charge in [-0.1, -0.05) is 18.2 Å². The summed E-state index contributed by atoms with van der Waals surface area (Å²) in [5.74, 6) is -0.129. The second-order valence-corrected chi connectivity index (χ2v) is 6.69. The molecule has 1 atom stereocenters. The van der Waals surface area contributed by atoms with E-state index in [2.05, 4.69) is 0 Å². The van der Waals surface area contributed by atoms with Gasteiger partial charge in [0, 0.05) is 19.7 Å². The second-order valence-electron chi connectivity index (χ2n) is 4.72. The molecule has 1 heterocycles. The highest BCUT2D eigenvalue weighted by Gasteiger charge is 2.31. The summed E-state index contributed by atoms with van der Waals surface area (Å²) in [5.41, 5.74) is 0.918. The minimum absolute atomic E-state index is 0.0147. The Morgan fingerprint density at radius 3 is 2.79 bits per heavy atom. The minimum Gasteiger partial charge on any atom is -0.396 e. The summed E-state index contributed by atoms with van der Waals surface area (Å²) >= 11 is 0. The average molecular weight is 280 g/mol. The summed E-state index contributed by atoms with van der Waals surface area (Å²) < 4.78 is 25.9. The summed E-state index contributed by atoms with van der Waals surface area (Å²) in [6.45, 7) is 0.830. The van der Waals surface area contributed by atoms with Crippen LogP contribution in [0.1, 0.15) is 17.5 Å². The molecule has 1 aliphatic heterocycles. The first-order valence-electron chi connectivity index (χ1n) is 6.13. The number of hydrogen-bond donors (Lipinski definition) is 1. The number of nitriles is 1. The molecule has 102 valence electrons. The van der Waals surface area contributed by atoms with E-state index in [-0.39, 0.29) is 18.3 Å². The number of aliphatic hydroxyl groups is 1. The summed E-state index contributed by atoms with van der Waals surface area (Å²) in [6.07, 6.45) is 0.690. The first-order valence-corrected chi connectivity index (χ1v) is 7.74. The van der Waals surface area contributed by atoms with Gasteiger partial charge >= 0.3 is 0 Å². The first-order chi connectivity index (χ1) is 9.06. The lowest BCUT2D eigenvalue weighted by Crippen LogP contribution is -2.30. The first kappa shape index (κ1) is 14.0. The molecule has 1 aromatic carbocycles. The SMILES string of the molecule is N#Cc1ccccc1CS(=O)(=O)N1CCC(CO)C1. The number of benzene rings is 1. The maximum Gasteiger partial charge on any atom is 0.218 e. The Morgan fingerprint density at radius 2 is 2.16 bits per heavy atom. The predicted octanol–water partition coefficient (Wildman–Crippen LogP) is 0.702. The molecule has 1 fully saturated rings. The highest BCUT2D eigenvalue weighted by molar-refractivity contribution is 7.88. The number of sulfonamides is 1. The molecule has 0 radical (unpaired) electrons. The molecule has 6 heteroatoms. The van der Waals surface area contributed by atoms with Gasteiger partial charge in [-0.15, -0.1) is 0 Å². The monoisotopic (exact) mass is 280 g/mol. The standard InChI is InChI=1S/C13H16N2O3S/c14-7-12-3-1-2-4-13(12)10-19(17,18)15-6-5-11(8-15)9-16/h1-4,11,16H,5-6,8-10H2. The van der Waals surface area contributed by atoms with Crippen LogP contribution in [0, 0.1) is 17.2 Å². The zero-order valence-corrected chi connectivity index (χ0v) is 11.3. The zero-order chi connectivity index (χ0) is 13.9. The molecule has 19 heavy (non-hydrogen) atoms. The van der Waals surface area contributed by atoms with Crippen LogP contribution in [0.25, 0.3) is 0 Å². The van der Waals surface area contributed by atoms with E-state index in [4.69, 9.17) is 10.4 Å². The van der Waals surface area contributed by atoms with Gasteiger partial charge in [0.15, 0.2) is 0 Å². The van der Waals surface area contributed by atoms with E-state index in [9.17, 15) is 8.42 Å². The van der Waals surface area contributed by atoms with Gasteiger partial charge in [0.1, 0.15) is 0 Å². The van der Waals surface area contributed by atoms with Gasteiger partial charge in [-0.3, -0.25) is 0 Å². The van der Waals surface area contributed by atoms with Crippen LogP contribution >= 0.6 is 0 Å². The van der Waals surface area contributed by atoms with Crippen molar-refractivity contribution in [1.82, 2.24) is 4.31 Å². The van der Waals surface area contributed by atoms with E-state index >= 15 is 0 Å². The normalized spacial score (nSPS) is 20.3. The van der Waals surface area contributed by atoms with Crippen LogP contribution in [-0.2, 0) is 15.8 Å². The Balaban J connectivity index is 2.16. The number of rotatable bonds is 4. The fraction of sp³-hybridized carbons (Fsp3) is 0.462. The molecule has 0 aliphatic carbocycles. The van der Waals surface area contributed by atoms with Crippen LogP contribution in [0.2, 0.25) is 0 Å². The summed E-state index contributed by atoms with van der Waals surface area (Å²) in [5, 5.41) is 18.0. The van der Waals surface area contributed by atoms with E-state index in [1.54, 1.807) is 24.3 Å². The van der Waals surface area contributed by atoms with Crippen molar-refractivity contribution in [1.29, 1.82) is 5.26 Å². The van der Waals surface area contributed by atoms with E-state index in [1.807, 2.05) is 6.07 Å². The van der Waals surface area contributed by atoms with Crippen molar-refractivity contribution < 1.29 is 13.5 Å². The van der Waals surface area contributed by atoms with Crippen molar-refractivity contribution in [3.63, 3.8) is 0 Å². The summed E-state index contributed by atoms with van der Waals surface area (Å²) in [6, 6.07) is 8.73. The number of nitrogens with zero attached hydrogens (tertiary/aromatic N) is 2. The van der Waals surface area contributed by atoms with Gasteiger partial charge in [-0.25, -0.2) is 12.7 Å². The molecule has 0 aromatic heterocycles. The Kier molecular flexibility index (Phi) is 4.20. The summed E-state index contributed by atoms with van der Waals surface area (Å²) in [7, 11) is -3.42. The quantitative estimate of drug-likeness (QED) is 0.880. The second kappa shape index (κ2) is 5.70. The molecular formula is C13H16N2O3S. The Labute approximate surface area is 113 Å². The maximum atomic E-state index is 12.3. The zero-order valence-electron chi connectivity index (χ0n) is 10.5. The molecule has 0 spiro atoms. The Bertz CT molecular complexity index is 592. The third-order valence-corrected chi connectivity index (χ3v) is 5.17. The Morgan fingerprint density at radius 1 is 1.42 bits per heavy atom. The third kappa shape index (κ3) is 3.13. The molecule has 1 N–H and O–H groups in total.